The van der Waals surface area contributed by atoms with E-state index in [2.05, 4.69) is 0 Å². The molecule has 0 unspecified atom stereocenters. The van der Waals surface area contributed by atoms with E-state index in [9.17, 15) is 21.6 Å². The van der Waals surface area contributed by atoms with E-state index in [1.807, 2.05) is 0 Å². The predicted molar refractivity (Wildman–Crippen MR) is 56.2 cm³/mol. The quantitative estimate of drug-likeness (QED) is 0.882. The number of alkyl halides is 3. The Bertz CT molecular complexity index is 550. The Kier molecular flexibility index (Phi) is 3.12. The molecule has 18 heavy (non-hydrogen) atoms. The fourth-order valence-electron chi connectivity index (χ4n) is 1.68. The Hall–Kier alpha value is -1.12. The molecule has 0 radical (unpaired) electrons. The summed E-state index contributed by atoms with van der Waals surface area (Å²) in [5.74, 6) is 0. The molecule has 100 valence electrons. The Morgan fingerprint density at radius 1 is 1.22 bits per heavy atom. The lowest BCUT2D eigenvalue weighted by Crippen LogP contribution is -2.53. The summed E-state index contributed by atoms with van der Waals surface area (Å²) in [7, 11) is -4.20. The minimum atomic E-state index is -4.73. The van der Waals surface area contributed by atoms with Crippen LogP contribution in [-0.4, -0.2) is 37.0 Å². The summed E-state index contributed by atoms with van der Waals surface area (Å²) in [5.41, 5.74) is -1.19. The van der Waals surface area contributed by atoms with Crippen molar-refractivity contribution in [1.82, 2.24) is 4.31 Å². The first kappa shape index (κ1) is 13.3. The van der Waals surface area contributed by atoms with Gasteiger partial charge in [0.05, 0.1) is 16.6 Å². The summed E-state index contributed by atoms with van der Waals surface area (Å²) in [4.78, 5) is -0.774. The first-order chi connectivity index (χ1) is 8.23. The van der Waals surface area contributed by atoms with Crippen LogP contribution in [0.5, 0.6) is 0 Å². The molecule has 4 nitrogen and oxygen atoms in total. The second-order valence-electron chi connectivity index (χ2n) is 3.97. The molecule has 1 saturated heterocycles. The van der Waals surface area contributed by atoms with Gasteiger partial charge in [-0.05, 0) is 12.1 Å². The van der Waals surface area contributed by atoms with E-state index in [0.717, 1.165) is 22.5 Å². The van der Waals surface area contributed by atoms with Gasteiger partial charge in [-0.1, -0.05) is 12.1 Å². The molecule has 1 N–H and O–H groups in total. The summed E-state index contributed by atoms with van der Waals surface area (Å²) < 4.78 is 62.8. The monoisotopic (exact) mass is 281 g/mol. The van der Waals surface area contributed by atoms with E-state index in [1.165, 1.54) is 6.07 Å². The van der Waals surface area contributed by atoms with E-state index >= 15 is 0 Å². The lowest BCUT2D eigenvalue weighted by atomic mass is 10.2. The van der Waals surface area contributed by atoms with Gasteiger partial charge in [0.15, 0.2) is 0 Å². The summed E-state index contributed by atoms with van der Waals surface area (Å²) in [5, 5.41) is 9.03. The van der Waals surface area contributed by atoms with Crippen LogP contribution in [-0.2, 0) is 16.2 Å². The van der Waals surface area contributed by atoms with E-state index < -0.39 is 32.8 Å². The molecular weight excluding hydrogens is 271 g/mol. The Morgan fingerprint density at radius 3 is 2.28 bits per heavy atom. The van der Waals surface area contributed by atoms with Crippen molar-refractivity contribution in [3.05, 3.63) is 29.8 Å². The molecule has 0 bridgehead atoms. The maximum Gasteiger partial charge on any atom is 0.417 e. The average molecular weight is 281 g/mol. The maximum atomic E-state index is 12.7. The van der Waals surface area contributed by atoms with Gasteiger partial charge in [-0.25, -0.2) is 8.42 Å². The lowest BCUT2D eigenvalue weighted by molar-refractivity contribution is -0.139. The van der Waals surface area contributed by atoms with Gasteiger partial charge in [-0.2, -0.15) is 17.5 Å². The van der Waals surface area contributed by atoms with Crippen LogP contribution in [0.3, 0.4) is 0 Å². The topological polar surface area (TPSA) is 57.6 Å². The molecule has 1 fully saturated rings. The van der Waals surface area contributed by atoms with Crippen LogP contribution in [0.25, 0.3) is 0 Å². The molecule has 1 heterocycles. The largest absolute Gasteiger partial charge is 0.417 e. The number of nitrogens with zero attached hydrogens (tertiary/aromatic N) is 1. The molecule has 0 aliphatic carbocycles. The molecule has 1 aliphatic rings. The van der Waals surface area contributed by atoms with E-state index in [-0.39, 0.29) is 13.1 Å². The van der Waals surface area contributed by atoms with E-state index in [4.69, 9.17) is 5.11 Å². The van der Waals surface area contributed by atoms with Crippen molar-refractivity contribution in [2.24, 2.45) is 0 Å². The normalized spacial score (nSPS) is 18.7. The highest BCUT2D eigenvalue weighted by Crippen LogP contribution is 2.35. The number of halogens is 3. The highest BCUT2D eigenvalue weighted by atomic mass is 32.2. The van der Waals surface area contributed by atoms with Crippen LogP contribution < -0.4 is 0 Å². The number of β-amino-alcohol motifs (C(OH)–C–C–N with tert-alkyl or cyclic N) is 1. The van der Waals surface area contributed by atoms with Crippen molar-refractivity contribution >= 4 is 10.0 Å². The van der Waals surface area contributed by atoms with Gasteiger partial charge in [-0.15, -0.1) is 0 Å². The number of hydrogen-bond acceptors (Lipinski definition) is 3. The van der Waals surface area contributed by atoms with Crippen LogP contribution in [0.2, 0.25) is 0 Å². The Balaban J connectivity index is 2.46. The van der Waals surface area contributed by atoms with Gasteiger partial charge < -0.3 is 5.11 Å². The first-order valence-corrected chi connectivity index (χ1v) is 6.51. The zero-order chi connectivity index (χ0) is 13.6. The summed E-state index contributed by atoms with van der Waals surface area (Å²) in [6.45, 7) is -0.344. The standard InChI is InChI=1S/C10H10F3NO3S/c11-10(12,13)8-3-1-2-4-9(8)18(16,17)14-5-7(15)6-14/h1-4,7,15H,5-6H2. The van der Waals surface area contributed by atoms with E-state index in [1.54, 1.807) is 0 Å². The van der Waals surface area contributed by atoms with Crippen LogP contribution in [0.15, 0.2) is 29.2 Å². The van der Waals surface area contributed by atoms with Gasteiger partial charge in [-0.3, -0.25) is 0 Å². The van der Waals surface area contributed by atoms with Gasteiger partial charge in [0.1, 0.15) is 0 Å². The third-order valence-electron chi connectivity index (χ3n) is 2.64. The molecule has 1 aromatic rings. The van der Waals surface area contributed by atoms with Crippen molar-refractivity contribution in [2.45, 2.75) is 17.2 Å². The fraction of sp³-hybridized carbons (Fsp3) is 0.400. The SMILES string of the molecule is O=S(=O)(c1ccccc1C(F)(F)F)N1CC(O)C1. The summed E-state index contributed by atoms with van der Waals surface area (Å²) in [6, 6.07) is 4.01. The van der Waals surface area contributed by atoms with Crippen molar-refractivity contribution < 1.29 is 26.7 Å². The number of benzene rings is 1. The summed E-state index contributed by atoms with van der Waals surface area (Å²) >= 11 is 0. The lowest BCUT2D eigenvalue weighted by Gasteiger charge is -2.35. The number of aliphatic hydroxyl groups excluding tert-OH is 1. The van der Waals surface area contributed by atoms with Crippen LogP contribution >= 0.6 is 0 Å². The number of sulfonamides is 1. The molecule has 8 heteroatoms. The minimum Gasteiger partial charge on any atom is -0.390 e. The second-order valence-corrected chi connectivity index (χ2v) is 5.88. The minimum absolute atomic E-state index is 0.172. The van der Waals surface area contributed by atoms with E-state index in [0.29, 0.717) is 0 Å². The van der Waals surface area contributed by atoms with Crippen LogP contribution in [0, 0.1) is 0 Å². The van der Waals surface area contributed by atoms with Gasteiger partial charge in [0.25, 0.3) is 0 Å². The Labute approximate surface area is 102 Å². The number of rotatable bonds is 2. The molecule has 0 spiro atoms. The van der Waals surface area contributed by atoms with Crippen molar-refractivity contribution in [3.8, 4) is 0 Å². The molecule has 0 saturated carbocycles. The molecule has 2 rings (SSSR count). The van der Waals surface area contributed by atoms with Crippen LogP contribution in [0.1, 0.15) is 5.56 Å². The second kappa shape index (κ2) is 4.22. The molecule has 1 aromatic carbocycles. The molecule has 0 amide bonds. The molecule has 0 atom stereocenters. The third kappa shape index (κ3) is 2.23. The van der Waals surface area contributed by atoms with Crippen molar-refractivity contribution in [3.63, 3.8) is 0 Å². The van der Waals surface area contributed by atoms with Gasteiger partial charge in [0.2, 0.25) is 10.0 Å². The van der Waals surface area contributed by atoms with Crippen molar-refractivity contribution in [1.29, 1.82) is 0 Å². The third-order valence-corrected chi connectivity index (χ3v) is 4.53. The number of hydrogen-bond donors (Lipinski definition) is 1. The summed E-state index contributed by atoms with van der Waals surface area (Å²) in [6.07, 6.45) is -5.54. The van der Waals surface area contributed by atoms with Crippen LogP contribution in [0.4, 0.5) is 13.2 Å². The molecule has 0 aromatic heterocycles. The highest BCUT2D eigenvalue weighted by molar-refractivity contribution is 7.89. The molecule has 1 aliphatic heterocycles. The average Bonchev–Trinajstić information content (AvgIpc) is 2.23. The Morgan fingerprint density at radius 2 is 1.78 bits per heavy atom. The number of aliphatic hydroxyl groups is 1. The van der Waals surface area contributed by atoms with Gasteiger partial charge >= 0.3 is 6.18 Å². The smallest absolute Gasteiger partial charge is 0.390 e. The maximum absolute atomic E-state index is 12.7. The molecular formula is C10H10F3NO3S. The first-order valence-electron chi connectivity index (χ1n) is 5.07. The van der Waals surface area contributed by atoms with Crippen molar-refractivity contribution in [2.75, 3.05) is 13.1 Å². The van der Waals surface area contributed by atoms with Gasteiger partial charge in [0, 0.05) is 13.1 Å². The fourth-order valence-corrected chi connectivity index (χ4v) is 3.40. The predicted octanol–water partition coefficient (Wildman–Crippen LogP) is 1.07. The zero-order valence-electron chi connectivity index (χ0n) is 9.05. The highest BCUT2D eigenvalue weighted by Gasteiger charge is 2.42. The zero-order valence-corrected chi connectivity index (χ0v) is 9.87.